The highest BCUT2D eigenvalue weighted by atomic mass is 79.9. The molecule has 1 aromatic rings. The molecular formula is C15H22BrN3O2S. The van der Waals surface area contributed by atoms with Crippen molar-refractivity contribution in [1.82, 2.24) is 10.0 Å². The summed E-state index contributed by atoms with van der Waals surface area (Å²) in [4.78, 5) is 2.21. The van der Waals surface area contributed by atoms with Crippen molar-refractivity contribution in [1.29, 1.82) is 0 Å². The molecule has 2 atom stereocenters. The molecule has 7 heteroatoms. The van der Waals surface area contributed by atoms with Crippen LogP contribution in [0.1, 0.15) is 25.7 Å². The maximum Gasteiger partial charge on any atom is 0.242 e. The number of halogens is 1. The second-order valence-corrected chi connectivity index (χ2v) is 8.97. The Morgan fingerprint density at radius 3 is 2.45 bits per heavy atom. The summed E-state index contributed by atoms with van der Waals surface area (Å²) >= 11 is 3.37. The first kappa shape index (κ1) is 16.2. The van der Waals surface area contributed by atoms with Crippen molar-refractivity contribution in [2.24, 2.45) is 0 Å². The lowest BCUT2D eigenvalue weighted by atomic mass is 10.0. The largest absolute Gasteiger partial charge is 0.378 e. The molecule has 122 valence electrons. The van der Waals surface area contributed by atoms with E-state index in [-0.39, 0.29) is 6.04 Å². The fourth-order valence-electron chi connectivity index (χ4n) is 3.41. The van der Waals surface area contributed by atoms with E-state index in [1.165, 1.54) is 0 Å². The molecule has 22 heavy (non-hydrogen) atoms. The van der Waals surface area contributed by atoms with Crippen molar-refractivity contribution < 1.29 is 8.42 Å². The van der Waals surface area contributed by atoms with Crippen LogP contribution in [0.3, 0.4) is 0 Å². The van der Waals surface area contributed by atoms with E-state index in [0.29, 0.717) is 21.5 Å². The van der Waals surface area contributed by atoms with E-state index < -0.39 is 10.0 Å². The lowest BCUT2D eigenvalue weighted by Crippen LogP contribution is -2.47. The second kappa shape index (κ2) is 6.11. The Bertz CT molecular complexity index is 651. The maximum absolute atomic E-state index is 12.7. The van der Waals surface area contributed by atoms with E-state index in [4.69, 9.17) is 0 Å². The predicted molar refractivity (Wildman–Crippen MR) is 91.8 cm³/mol. The summed E-state index contributed by atoms with van der Waals surface area (Å²) in [6.07, 6.45) is 4.06. The number of sulfonamides is 1. The number of fused-ring (bicyclic) bond motifs is 2. The van der Waals surface area contributed by atoms with Gasteiger partial charge < -0.3 is 10.2 Å². The Kier molecular flexibility index (Phi) is 4.51. The zero-order valence-corrected chi connectivity index (χ0v) is 15.2. The summed E-state index contributed by atoms with van der Waals surface area (Å²) in [5.41, 5.74) is 0.869. The van der Waals surface area contributed by atoms with Gasteiger partial charge in [0.2, 0.25) is 10.0 Å². The molecule has 2 aliphatic heterocycles. The summed E-state index contributed by atoms with van der Waals surface area (Å²) in [6.45, 7) is 0. The first-order valence-corrected chi connectivity index (χ1v) is 9.88. The van der Waals surface area contributed by atoms with Crippen LogP contribution in [0.25, 0.3) is 0 Å². The molecule has 0 aromatic heterocycles. The monoisotopic (exact) mass is 387 g/mol. The molecule has 2 bridgehead atoms. The van der Waals surface area contributed by atoms with E-state index in [1.807, 2.05) is 25.1 Å². The van der Waals surface area contributed by atoms with Gasteiger partial charge in [0.1, 0.15) is 0 Å². The van der Waals surface area contributed by atoms with Gasteiger partial charge in [0.05, 0.1) is 4.90 Å². The highest BCUT2D eigenvalue weighted by molar-refractivity contribution is 9.10. The molecule has 2 fully saturated rings. The first-order valence-electron chi connectivity index (χ1n) is 7.60. The van der Waals surface area contributed by atoms with Gasteiger partial charge in [-0.05, 0) is 59.8 Å². The molecule has 0 saturated carbocycles. The minimum Gasteiger partial charge on any atom is -0.378 e. The number of rotatable bonds is 4. The fraction of sp³-hybridized carbons (Fsp3) is 0.600. The van der Waals surface area contributed by atoms with Crippen molar-refractivity contribution >= 4 is 31.6 Å². The Morgan fingerprint density at radius 2 is 1.86 bits per heavy atom. The molecule has 0 aliphatic carbocycles. The highest BCUT2D eigenvalue weighted by Gasteiger charge is 2.35. The molecule has 0 spiro atoms. The molecular weight excluding hydrogens is 366 g/mol. The Hall–Kier alpha value is -0.630. The number of nitrogens with zero attached hydrogens (tertiary/aromatic N) is 1. The molecule has 2 heterocycles. The average Bonchev–Trinajstić information content (AvgIpc) is 2.77. The van der Waals surface area contributed by atoms with Gasteiger partial charge in [-0.1, -0.05) is 0 Å². The third-order valence-electron chi connectivity index (χ3n) is 4.52. The maximum atomic E-state index is 12.7. The average molecular weight is 388 g/mol. The van der Waals surface area contributed by atoms with Crippen LogP contribution in [0, 0.1) is 0 Å². The summed E-state index contributed by atoms with van der Waals surface area (Å²) in [5, 5.41) is 3.53. The van der Waals surface area contributed by atoms with Crippen molar-refractivity contribution in [2.45, 2.75) is 48.7 Å². The summed E-state index contributed by atoms with van der Waals surface area (Å²) < 4.78 is 29.0. The van der Waals surface area contributed by atoms with Gasteiger partial charge in [0.25, 0.3) is 0 Å². The number of hydrogen-bond acceptors (Lipinski definition) is 4. The predicted octanol–water partition coefficient (Wildman–Crippen LogP) is 2.08. The van der Waals surface area contributed by atoms with Gasteiger partial charge >= 0.3 is 0 Å². The molecule has 0 amide bonds. The number of nitrogens with one attached hydrogen (secondary N) is 2. The van der Waals surface area contributed by atoms with Crippen LogP contribution in [0.4, 0.5) is 5.69 Å². The summed E-state index contributed by atoms with van der Waals surface area (Å²) in [5.74, 6) is 0. The third-order valence-corrected chi connectivity index (χ3v) is 7.03. The molecule has 3 rings (SSSR count). The van der Waals surface area contributed by atoms with Gasteiger partial charge in [-0.3, -0.25) is 0 Å². The molecule has 1 aromatic carbocycles. The van der Waals surface area contributed by atoms with Gasteiger partial charge in [-0.2, -0.15) is 0 Å². The topological polar surface area (TPSA) is 61.4 Å². The molecule has 2 saturated heterocycles. The van der Waals surface area contributed by atoms with Crippen LogP contribution >= 0.6 is 15.9 Å². The quantitative estimate of drug-likeness (QED) is 0.829. The van der Waals surface area contributed by atoms with Crippen LogP contribution in [-0.4, -0.2) is 40.6 Å². The van der Waals surface area contributed by atoms with Crippen LogP contribution in [0.15, 0.2) is 27.6 Å². The van der Waals surface area contributed by atoms with E-state index in [0.717, 1.165) is 31.4 Å². The summed E-state index contributed by atoms with van der Waals surface area (Å²) in [6, 6.07) is 6.34. The normalized spacial score (nSPS) is 27.9. The molecule has 5 nitrogen and oxygen atoms in total. The van der Waals surface area contributed by atoms with E-state index in [2.05, 4.69) is 26.0 Å². The van der Waals surface area contributed by atoms with Gasteiger partial charge in [0, 0.05) is 42.4 Å². The number of hydrogen-bond donors (Lipinski definition) is 2. The second-order valence-electron chi connectivity index (χ2n) is 6.44. The summed E-state index contributed by atoms with van der Waals surface area (Å²) in [7, 11) is 0.284. The van der Waals surface area contributed by atoms with Crippen LogP contribution in [-0.2, 0) is 10.0 Å². The van der Waals surface area contributed by atoms with E-state index in [1.54, 1.807) is 12.1 Å². The van der Waals surface area contributed by atoms with Crippen LogP contribution < -0.4 is 14.9 Å². The Morgan fingerprint density at radius 1 is 1.23 bits per heavy atom. The minimum absolute atomic E-state index is 0.0265. The Labute approximate surface area is 140 Å². The number of piperidine rings is 1. The fourth-order valence-corrected chi connectivity index (χ4v) is 5.66. The van der Waals surface area contributed by atoms with Crippen molar-refractivity contribution in [3.8, 4) is 0 Å². The highest BCUT2D eigenvalue weighted by Crippen LogP contribution is 2.30. The lowest BCUT2D eigenvalue weighted by Gasteiger charge is -2.29. The molecule has 0 radical (unpaired) electrons. The Balaban J connectivity index is 1.82. The molecule has 2 N–H and O–H groups in total. The number of benzene rings is 1. The van der Waals surface area contributed by atoms with Gasteiger partial charge in [-0.15, -0.1) is 0 Å². The standard InChI is InChI=1S/C15H22BrN3O2S/c1-19(2)13-5-6-14(16)15(9-13)22(20,21)18-12-7-10-3-4-11(8-12)17-10/h5-6,9-12,17-18H,3-4,7-8H2,1-2H3. The van der Waals surface area contributed by atoms with Crippen molar-refractivity contribution in [3.05, 3.63) is 22.7 Å². The smallest absolute Gasteiger partial charge is 0.242 e. The van der Waals surface area contributed by atoms with Crippen LogP contribution in [0.2, 0.25) is 0 Å². The van der Waals surface area contributed by atoms with Gasteiger partial charge in [-0.25, -0.2) is 13.1 Å². The number of anilines is 1. The molecule has 2 unspecified atom stereocenters. The zero-order valence-electron chi connectivity index (χ0n) is 12.8. The third kappa shape index (κ3) is 3.32. The molecule has 2 aliphatic rings. The van der Waals surface area contributed by atoms with Gasteiger partial charge in [0.15, 0.2) is 0 Å². The SMILES string of the molecule is CN(C)c1ccc(Br)c(S(=O)(=O)NC2CC3CCC(C2)N3)c1. The van der Waals surface area contributed by atoms with Crippen molar-refractivity contribution in [2.75, 3.05) is 19.0 Å². The minimum atomic E-state index is -3.52. The van der Waals surface area contributed by atoms with Crippen LogP contribution in [0.5, 0.6) is 0 Å². The lowest BCUT2D eigenvalue weighted by molar-refractivity contribution is 0.345. The first-order chi connectivity index (χ1) is 10.3. The van der Waals surface area contributed by atoms with E-state index in [9.17, 15) is 8.42 Å². The van der Waals surface area contributed by atoms with Crippen molar-refractivity contribution in [3.63, 3.8) is 0 Å². The van der Waals surface area contributed by atoms with E-state index >= 15 is 0 Å². The zero-order chi connectivity index (χ0) is 15.9.